The second-order valence-electron chi connectivity index (χ2n) is 6.72. The predicted octanol–water partition coefficient (Wildman–Crippen LogP) is 1.05. The molecule has 0 saturated carbocycles. The van der Waals surface area contributed by atoms with Gasteiger partial charge in [-0.25, -0.2) is 13.2 Å². The molecule has 4 rings (SSSR count). The van der Waals surface area contributed by atoms with E-state index in [9.17, 15) is 23.1 Å². The standard InChI is InChI=1S/C23H16F3NO3.Na/c24-16-6-5-15(20(26)11-16)13-30-21-4-2-1-3-14(21)12-27-10-9-17-18(23(28)29)7-8-19(25)22(17)27;/h1-11H,12-13H2,(H,28,29);/q;+1/p-1. The van der Waals surface area contributed by atoms with Gasteiger partial charge in [0.25, 0.3) is 0 Å². The summed E-state index contributed by atoms with van der Waals surface area (Å²) in [5, 5.41) is 11.5. The Morgan fingerprint density at radius 2 is 1.71 bits per heavy atom. The Balaban J connectivity index is 0.00000272. The largest absolute Gasteiger partial charge is 1.00 e. The first-order valence-electron chi connectivity index (χ1n) is 9.07. The third kappa shape index (κ3) is 4.79. The molecule has 0 radical (unpaired) electrons. The quantitative estimate of drug-likeness (QED) is 0.428. The third-order valence-corrected chi connectivity index (χ3v) is 4.81. The number of halogens is 3. The minimum absolute atomic E-state index is 0. The molecule has 8 heteroatoms. The Labute approximate surface area is 198 Å². The number of carboxylic acid groups (broad SMARTS) is 1. The minimum Gasteiger partial charge on any atom is -0.545 e. The summed E-state index contributed by atoms with van der Waals surface area (Å²) in [7, 11) is 0. The van der Waals surface area contributed by atoms with Crippen LogP contribution < -0.4 is 39.4 Å². The van der Waals surface area contributed by atoms with E-state index in [-0.39, 0.29) is 64.7 Å². The summed E-state index contributed by atoms with van der Waals surface area (Å²) >= 11 is 0. The number of benzene rings is 3. The second-order valence-corrected chi connectivity index (χ2v) is 6.72. The molecule has 0 aliphatic heterocycles. The van der Waals surface area contributed by atoms with Crippen molar-refractivity contribution in [1.29, 1.82) is 0 Å². The summed E-state index contributed by atoms with van der Waals surface area (Å²) in [5.41, 5.74) is 0.913. The molecular weight excluding hydrogens is 418 g/mol. The molecule has 0 aliphatic rings. The maximum Gasteiger partial charge on any atom is 1.00 e. The molecule has 4 nitrogen and oxygen atoms in total. The van der Waals surface area contributed by atoms with E-state index in [4.69, 9.17) is 4.74 Å². The first-order valence-corrected chi connectivity index (χ1v) is 9.07. The summed E-state index contributed by atoms with van der Waals surface area (Å²) in [5.74, 6) is -2.89. The fraction of sp³-hybridized carbons (Fsp3) is 0.0870. The number of rotatable bonds is 6. The molecule has 0 fully saturated rings. The van der Waals surface area contributed by atoms with E-state index >= 15 is 0 Å². The molecule has 0 atom stereocenters. The number of para-hydroxylation sites is 1. The predicted molar refractivity (Wildman–Crippen MR) is 102 cm³/mol. The Bertz CT molecular complexity index is 1260. The van der Waals surface area contributed by atoms with Crippen LogP contribution in [-0.2, 0) is 13.2 Å². The van der Waals surface area contributed by atoms with Gasteiger partial charge in [-0.3, -0.25) is 0 Å². The number of aromatic nitrogens is 1. The smallest absolute Gasteiger partial charge is 0.545 e. The number of carbonyl (C=O) groups excluding carboxylic acids is 1. The van der Waals surface area contributed by atoms with Crippen LogP contribution in [0.5, 0.6) is 5.75 Å². The number of ether oxygens (including phenoxy) is 1. The van der Waals surface area contributed by atoms with E-state index in [1.807, 2.05) is 0 Å². The SMILES string of the molecule is O=C([O-])c1ccc(F)c2c1ccn2Cc1ccccc1OCc1ccc(F)cc1F.[Na+]. The zero-order valence-corrected chi connectivity index (χ0v) is 18.6. The molecule has 0 amide bonds. The first kappa shape index (κ1) is 22.9. The van der Waals surface area contributed by atoms with Gasteiger partial charge in [-0.2, -0.15) is 0 Å². The van der Waals surface area contributed by atoms with Crippen LogP contribution in [-0.4, -0.2) is 10.5 Å². The van der Waals surface area contributed by atoms with Gasteiger partial charge in [-0.1, -0.05) is 18.2 Å². The van der Waals surface area contributed by atoms with Crippen molar-refractivity contribution in [1.82, 2.24) is 4.57 Å². The van der Waals surface area contributed by atoms with Crippen LogP contribution in [0.1, 0.15) is 21.5 Å². The fourth-order valence-electron chi connectivity index (χ4n) is 3.34. The number of carboxylic acids is 1. The number of carbonyl (C=O) groups is 1. The van der Waals surface area contributed by atoms with Crippen molar-refractivity contribution in [2.24, 2.45) is 0 Å². The topological polar surface area (TPSA) is 54.3 Å². The van der Waals surface area contributed by atoms with E-state index in [0.717, 1.165) is 18.2 Å². The van der Waals surface area contributed by atoms with Gasteiger partial charge in [0.15, 0.2) is 0 Å². The Hall–Kier alpha value is -2.74. The van der Waals surface area contributed by atoms with Gasteiger partial charge in [0.1, 0.15) is 29.8 Å². The molecule has 152 valence electrons. The van der Waals surface area contributed by atoms with Crippen molar-refractivity contribution in [3.63, 3.8) is 0 Å². The van der Waals surface area contributed by atoms with Crippen molar-refractivity contribution in [2.45, 2.75) is 13.2 Å². The molecule has 1 heterocycles. The number of fused-ring (bicyclic) bond motifs is 1. The van der Waals surface area contributed by atoms with Crippen LogP contribution in [0.3, 0.4) is 0 Å². The monoisotopic (exact) mass is 433 g/mol. The van der Waals surface area contributed by atoms with Gasteiger partial charge in [0.05, 0.1) is 18.0 Å². The second kappa shape index (κ2) is 9.60. The van der Waals surface area contributed by atoms with Crippen LogP contribution in [0.4, 0.5) is 13.2 Å². The Morgan fingerprint density at radius 1 is 0.935 bits per heavy atom. The summed E-state index contributed by atoms with van der Waals surface area (Å²) in [6.07, 6.45) is 1.58. The fourth-order valence-corrected chi connectivity index (χ4v) is 3.34. The number of aromatic carboxylic acids is 1. The zero-order valence-electron chi connectivity index (χ0n) is 16.6. The number of hydrogen-bond acceptors (Lipinski definition) is 3. The van der Waals surface area contributed by atoms with Gasteiger partial charge in [-0.15, -0.1) is 0 Å². The molecule has 31 heavy (non-hydrogen) atoms. The molecule has 0 N–H and O–H groups in total. The average Bonchev–Trinajstić information content (AvgIpc) is 3.13. The van der Waals surface area contributed by atoms with Crippen molar-refractivity contribution in [3.05, 3.63) is 101 Å². The van der Waals surface area contributed by atoms with Crippen molar-refractivity contribution in [2.75, 3.05) is 0 Å². The average molecular weight is 433 g/mol. The molecule has 1 aromatic heterocycles. The van der Waals surface area contributed by atoms with Crippen LogP contribution in [0.15, 0.2) is 66.9 Å². The van der Waals surface area contributed by atoms with E-state index in [2.05, 4.69) is 0 Å². The van der Waals surface area contributed by atoms with Crippen molar-refractivity contribution < 1.29 is 57.4 Å². The van der Waals surface area contributed by atoms with Crippen molar-refractivity contribution >= 4 is 16.9 Å². The van der Waals surface area contributed by atoms with Gasteiger partial charge < -0.3 is 19.2 Å². The molecule has 0 spiro atoms. The van der Waals surface area contributed by atoms with Crippen LogP contribution in [0, 0.1) is 17.5 Å². The van der Waals surface area contributed by atoms with E-state index in [0.29, 0.717) is 11.3 Å². The number of nitrogens with zero attached hydrogens (tertiary/aromatic N) is 1. The normalized spacial score (nSPS) is 10.7. The molecule has 0 aliphatic carbocycles. The van der Waals surface area contributed by atoms with Crippen molar-refractivity contribution in [3.8, 4) is 5.75 Å². The third-order valence-electron chi connectivity index (χ3n) is 4.81. The Kier molecular flexibility index (Phi) is 7.10. The van der Waals surface area contributed by atoms with E-state index in [1.165, 1.54) is 18.2 Å². The van der Waals surface area contributed by atoms with Gasteiger partial charge >= 0.3 is 29.6 Å². The maximum absolute atomic E-state index is 14.4. The summed E-state index contributed by atoms with van der Waals surface area (Å²) < 4.78 is 48.7. The summed E-state index contributed by atoms with van der Waals surface area (Å²) in [6, 6.07) is 14.0. The van der Waals surface area contributed by atoms with Gasteiger partial charge in [0, 0.05) is 34.3 Å². The van der Waals surface area contributed by atoms with Crippen LogP contribution in [0.25, 0.3) is 10.9 Å². The maximum atomic E-state index is 14.4. The summed E-state index contributed by atoms with van der Waals surface area (Å²) in [4.78, 5) is 11.3. The zero-order chi connectivity index (χ0) is 21.3. The molecule has 4 aromatic rings. The number of hydrogen-bond donors (Lipinski definition) is 0. The van der Waals surface area contributed by atoms with Crippen LogP contribution >= 0.6 is 0 Å². The molecule has 0 saturated heterocycles. The van der Waals surface area contributed by atoms with Crippen LogP contribution in [0.2, 0.25) is 0 Å². The first-order chi connectivity index (χ1) is 14.4. The molecule has 0 unspecified atom stereocenters. The Morgan fingerprint density at radius 3 is 2.45 bits per heavy atom. The van der Waals surface area contributed by atoms with Gasteiger partial charge in [0.2, 0.25) is 0 Å². The van der Waals surface area contributed by atoms with E-state index < -0.39 is 23.4 Å². The summed E-state index contributed by atoms with van der Waals surface area (Å²) in [6.45, 7) is 0.0811. The molecule has 3 aromatic carbocycles. The molecular formula is C23H15F3NNaO3. The van der Waals surface area contributed by atoms with E-state index in [1.54, 1.807) is 35.0 Å². The minimum atomic E-state index is -1.39. The van der Waals surface area contributed by atoms with Gasteiger partial charge in [-0.05, 0) is 36.4 Å². The molecule has 0 bridgehead atoms.